The van der Waals surface area contributed by atoms with E-state index in [0.717, 1.165) is 50.7 Å². The zero-order valence-electron chi connectivity index (χ0n) is 21.3. The predicted molar refractivity (Wildman–Crippen MR) is 145 cm³/mol. The first-order valence-corrected chi connectivity index (χ1v) is 12.3. The SMILES string of the molecule is CCC=CCC=CCC=CCC=CCC=CCC=CCCC(=O)NCCNC(=O)C=CC(=O)OC. The second-order valence-corrected chi connectivity index (χ2v) is 7.45. The number of esters is 1. The molecule has 6 nitrogen and oxygen atoms in total. The highest BCUT2D eigenvalue weighted by Crippen LogP contribution is 1.97. The van der Waals surface area contributed by atoms with Crippen LogP contribution >= 0.6 is 0 Å². The molecule has 0 aliphatic carbocycles. The van der Waals surface area contributed by atoms with E-state index >= 15 is 0 Å². The highest BCUT2D eigenvalue weighted by atomic mass is 16.5. The summed E-state index contributed by atoms with van der Waals surface area (Å²) in [5.41, 5.74) is 0. The molecule has 192 valence electrons. The number of carbonyl (C=O) groups excluding carboxylic acids is 3. The summed E-state index contributed by atoms with van der Waals surface area (Å²) in [6.07, 6.45) is 34.8. The Morgan fingerprint density at radius 1 is 0.629 bits per heavy atom. The van der Waals surface area contributed by atoms with Gasteiger partial charge in [0.15, 0.2) is 0 Å². The third-order valence-corrected chi connectivity index (χ3v) is 4.45. The minimum Gasteiger partial charge on any atom is -0.466 e. The molecular weight excluding hydrogens is 440 g/mol. The fraction of sp³-hybridized carbons (Fsp3) is 0.414. The minimum atomic E-state index is -0.595. The molecular formula is C29H42N2O4. The average Bonchev–Trinajstić information content (AvgIpc) is 2.86. The largest absolute Gasteiger partial charge is 0.466 e. The van der Waals surface area contributed by atoms with E-state index in [-0.39, 0.29) is 12.5 Å². The summed E-state index contributed by atoms with van der Waals surface area (Å²) in [6.45, 7) is 2.76. The Hall–Kier alpha value is -3.41. The Bertz CT molecular complexity index is 787. The number of carbonyl (C=O) groups is 3. The lowest BCUT2D eigenvalue weighted by molar-refractivity contribution is -0.135. The number of amides is 2. The monoisotopic (exact) mass is 482 g/mol. The zero-order chi connectivity index (χ0) is 25.8. The van der Waals surface area contributed by atoms with Crippen molar-refractivity contribution < 1.29 is 19.1 Å². The Balaban J connectivity index is 3.66. The molecule has 0 aliphatic heterocycles. The summed E-state index contributed by atoms with van der Waals surface area (Å²) in [7, 11) is 1.24. The second kappa shape index (κ2) is 25.2. The predicted octanol–water partition coefficient (Wildman–Crippen LogP) is 5.43. The van der Waals surface area contributed by atoms with Crippen molar-refractivity contribution in [3.63, 3.8) is 0 Å². The molecule has 0 aromatic heterocycles. The molecule has 0 radical (unpaired) electrons. The van der Waals surface area contributed by atoms with E-state index in [9.17, 15) is 14.4 Å². The van der Waals surface area contributed by atoms with Crippen molar-refractivity contribution in [1.29, 1.82) is 0 Å². The summed E-state index contributed by atoms with van der Waals surface area (Å²) >= 11 is 0. The van der Waals surface area contributed by atoms with E-state index < -0.39 is 11.9 Å². The Morgan fingerprint density at radius 3 is 1.57 bits per heavy atom. The second-order valence-electron chi connectivity index (χ2n) is 7.45. The van der Waals surface area contributed by atoms with Crippen LogP contribution in [0, 0.1) is 0 Å². The molecule has 0 spiro atoms. The fourth-order valence-corrected chi connectivity index (χ4v) is 2.60. The van der Waals surface area contributed by atoms with E-state index in [1.807, 2.05) is 6.08 Å². The molecule has 0 fully saturated rings. The number of nitrogens with one attached hydrogen (secondary N) is 2. The van der Waals surface area contributed by atoms with Gasteiger partial charge >= 0.3 is 5.97 Å². The first kappa shape index (κ1) is 31.6. The minimum absolute atomic E-state index is 0.0659. The first-order valence-electron chi connectivity index (χ1n) is 12.3. The van der Waals surface area contributed by atoms with Gasteiger partial charge in [0.2, 0.25) is 11.8 Å². The van der Waals surface area contributed by atoms with E-state index in [1.54, 1.807) is 0 Å². The number of ether oxygens (including phenoxy) is 1. The van der Waals surface area contributed by atoms with Crippen LogP contribution in [0.3, 0.4) is 0 Å². The lowest BCUT2D eigenvalue weighted by Gasteiger charge is -2.04. The van der Waals surface area contributed by atoms with Crippen LogP contribution < -0.4 is 10.6 Å². The van der Waals surface area contributed by atoms with Crippen molar-refractivity contribution in [1.82, 2.24) is 10.6 Å². The molecule has 0 unspecified atom stereocenters. The molecule has 35 heavy (non-hydrogen) atoms. The van der Waals surface area contributed by atoms with Gasteiger partial charge in [-0.05, 0) is 44.9 Å². The Labute approximate surface area is 211 Å². The van der Waals surface area contributed by atoms with Crippen LogP contribution in [0.1, 0.15) is 58.3 Å². The maximum absolute atomic E-state index is 11.8. The van der Waals surface area contributed by atoms with Gasteiger partial charge in [0.05, 0.1) is 7.11 Å². The Kier molecular flexibility index (Phi) is 22.8. The van der Waals surface area contributed by atoms with E-state index in [2.05, 4.69) is 89.1 Å². The molecule has 2 amide bonds. The summed E-state index contributed by atoms with van der Waals surface area (Å²) < 4.78 is 4.39. The van der Waals surface area contributed by atoms with Crippen LogP contribution in [-0.4, -0.2) is 38.0 Å². The summed E-state index contributed by atoms with van der Waals surface area (Å²) in [6, 6.07) is 0. The van der Waals surface area contributed by atoms with Crippen LogP contribution in [0.2, 0.25) is 0 Å². The molecule has 0 aromatic rings. The van der Waals surface area contributed by atoms with Crippen molar-refractivity contribution in [3.8, 4) is 0 Å². The van der Waals surface area contributed by atoms with Crippen LogP contribution in [0.15, 0.2) is 85.1 Å². The van der Waals surface area contributed by atoms with Gasteiger partial charge in [0.25, 0.3) is 0 Å². The summed E-state index contributed by atoms with van der Waals surface area (Å²) in [5, 5.41) is 5.30. The lowest BCUT2D eigenvalue weighted by Crippen LogP contribution is -2.33. The molecule has 0 rings (SSSR count). The van der Waals surface area contributed by atoms with Crippen molar-refractivity contribution in [2.75, 3.05) is 20.2 Å². The molecule has 2 N–H and O–H groups in total. The molecule has 0 saturated carbocycles. The van der Waals surface area contributed by atoms with Gasteiger partial charge in [-0.2, -0.15) is 0 Å². The standard InChI is InChI=1S/C29H42N2O4/c1-3-4-5-6-7-8-9-10-11-12-13-14-15-16-17-18-19-20-21-22-27(32)30-25-26-31-28(33)23-24-29(34)35-2/h4-5,7-8,10-11,13-14,16-17,19-20,23-24H,3,6,9,12,15,18,21-22,25-26H2,1-2H3,(H,30,32)(H,31,33). The number of allylic oxidation sites excluding steroid dienone is 12. The van der Waals surface area contributed by atoms with Gasteiger partial charge in [-0.25, -0.2) is 4.79 Å². The van der Waals surface area contributed by atoms with E-state index in [0.29, 0.717) is 19.4 Å². The smallest absolute Gasteiger partial charge is 0.330 e. The number of hydrogen-bond acceptors (Lipinski definition) is 4. The molecule has 0 aromatic carbocycles. The summed E-state index contributed by atoms with van der Waals surface area (Å²) in [5.74, 6) is -1.07. The third kappa shape index (κ3) is 25.1. The van der Waals surface area contributed by atoms with Gasteiger partial charge < -0.3 is 15.4 Å². The zero-order valence-corrected chi connectivity index (χ0v) is 21.3. The van der Waals surface area contributed by atoms with Gasteiger partial charge in [0, 0.05) is 31.7 Å². The number of methoxy groups -OCH3 is 1. The van der Waals surface area contributed by atoms with Crippen molar-refractivity contribution in [2.24, 2.45) is 0 Å². The molecule has 0 heterocycles. The van der Waals surface area contributed by atoms with Gasteiger partial charge in [-0.3, -0.25) is 9.59 Å². The Morgan fingerprint density at radius 2 is 1.09 bits per heavy atom. The van der Waals surface area contributed by atoms with Crippen LogP contribution in [0.4, 0.5) is 0 Å². The lowest BCUT2D eigenvalue weighted by atomic mass is 10.2. The van der Waals surface area contributed by atoms with Crippen LogP contribution in [0.5, 0.6) is 0 Å². The fourth-order valence-electron chi connectivity index (χ4n) is 2.60. The maximum atomic E-state index is 11.8. The van der Waals surface area contributed by atoms with Crippen molar-refractivity contribution in [2.45, 2.75) is 58.3 Å². The molecule has 6 heteroatoms. The van der Waals surface area contributed by atoms with Crippen molar-refractivity contribution in [3.05, 3.63) is 85.1 Å². The van der Waals surface area contributed by atoms with E-state index in [1.165, 1.54) is 7.11 Å². The normalized spacial score (nSPS) is 12.4. The van der Waals surface area contributed by atoms with Gasteiger partial charge in [0.1, 0.15) is 0 Å². The molecule has 0 aliphatic rings. The van der Waals surface area contributed by atoms with Crippen LogP contribution in [-0.2, 0) is 19.1 Å². The van der Waals surface area contributed by atoms with Gasteiger partial charge in [-0.15, -0.1) is 0 Å². The van der Waals surface area contributed by atoms with E-state index in [4.69, 9.17) is 0 Å². The number of hydrogen-bond donors (Lipinski definition) is 2. The molecule has 0 saturated heterocycles. The average molecular weight is 483 g/mol. The molecule has 0 atom stereocenters. The maximum Gasteiger partial charge on any atom is 0.330 e. The highest BCUT2D eigenvalue weighted by Gasteiger charge is 2.00. The highest BCUT2D eigenvalue weighted by molar-refractivity contribution is 5.94. The first-order chi connectivity index (χ1) is 17.1. The third-order valence-electron chi connectivity index (χ3n) is 4.45. The van der Waals surface area contributed by atoms with Crippen molar-refractivity contribution >= 4 is 17.8 Å². The summed E-state index contributed by atoms with van der Waals surface area (Å²) in [4.78, 5) is 34.1. The molecule has 0 bridgehead atoms. The van der Waals surface area contributed by atoms with Crippen LogP contribution in [0.25, 0.3) is 0 Å². The topological polar surface area (TPSA) is 84.5 Å². The number of rotatable bonds is 19. The quantitative estimate of drug-likeness (QED) is 0.111. The van der Waals surface area contributed by atoms with Gasteiger partial charge in [-0.1, -0.05) is 79.8 Å².